The van der Waals surface area contributed by atoms with Crippen molar-refractivity contribution in [2.45, 2.75) is 64.2 Å². The molecule has 4 aromatic carbocycles. The van der Waals surface area contributed by atoms with Gasteiger partial charge in [0.05, 0.1) is 0 Å². The van der Waals surface area contributed by atoms with Gasteiger partial charge in [-0.1, -0.05) is 0 Å². The van der Waals surface area contributed by atoms with Crippen molar-refractivity contribution in [2.24, 2.45) is 0 Å². The monoisotopic (exact) mass is 666 g/mol. The Balaban J connectivity index is 0.00000176. The second-order valence-electron chi connectivity index (χ2n) is 11.9. The van der Waals surface area contributed by atoms with Crippen LogP contribution in [0.4, 0.5) is 0 Å². The van der Waals surface area contributed by atoms with Crippen LogP contribution in [0.3, 0.4) is 0 Å². The van der Waals surface area contributed by atoms with Crippen LogP contribution in [0.5, 0.6) is 0 Å². The number of halogens is 2. The Morgan fingerprint density at radius 1 is 0.595 bits per heavy atom. The van der Waals surface area contributed by atoms with Gasteiger partial charge in [-0.15, -0.1) is 0 Å². The SMILES string of the molecule is C1=CC[C]([Zr+2](=[C]2CCCCCC2)[c]2cc(Cc3ccccc3)cc3c2Cc2ccc(Cc4ccccc4)cc2-3)=C1.[Cl-].[Cl-]. The molecule has 0 aromatic heterocycles. The fourth-order valence-electron chi connectivity index (χ4n) is 7.11. The van der Waals surface area contributed by atoms with E-state index in [-0.39, 0.29) is 24.8 Å². The summed E-state index contributed by atoms with van der Waals surface area (Å²) in [6.07, 6.45) is 19.9. The molecular formula is C39H38Cl2Zr. The molecule has 3 heteroatoms. The van der Waals surface area contributed by atoms with Gasteiger partial charge in [0, 0.05) is 0 Å². The zero-order valence-electron chi connectivity index (χ0n) is 24.2. The average molecular weight is 669 g/mol. The molecule has 1 fully saturated rings. The fraction of sp³-hybridized carbons (Fsp3) is 0.256. The van der Waals surface area contributed by atoms with Crippen molar-refractivity contribution in [1.29, 1.82) is 0 Å². The molecule has 0 amide bonds. The zero-order valence-corrected chi connectivity index (χ0v) is 28.2. The van der Waals surface area contributed by atoms with Gasteiger partial charge in [0.1, 0.15) is 0 Å². The summed E-state index contributed by atoms with van der Waals surface area (Å²) in [5.74, 6) is 0. The van der Waals surface area contributed by atoms with Crippen LogP contribution in [0, 0.1) is 0 Å². The van der Waals surface area contributed by atoms with Crippen molar-refractivity contribution in [3.05, 3.63) is 146 Å². The maximum atomic E-state index is 2.69. The van der Waals surface area contributed by atoms with Crippen LogP contribution in [0.25, 0.3) is 11.1 Å². The molecule has 3 aliphatic carbocycles. The van der Waals surface area contributed by atoms with Crippen LogP contribution in [0.2, 0.25) is 0 Å². The summed E-state index contributed by atoms with van der Waals surface area (Å²) in [6, 6.07) is 34.6. The van der Waals surface area contributed by atoms with E-state index in [1.54, 1.807) is 12.1 Å². The quantitative estimate of drug-likeness (QED) is 0.244. The minimum Gasteiger partial charge on any atom is -1.00 e. The van der Waals surface area contributed by atoms with E-state index < -0.39 is 21.3 Å². The summed E-state index contributed by atoms with van der Waals surface area (Å²) in [7, 11) is 0. The second-order valence-corrected chi connectivity index (χ2v) is 18.4. The largest absolute Gasteiger partial charge is 1.00 e. The molecule has 0 nitrogen and oxygen atoms in total. The maximum absolute atomic E-state index is 2.69. The molecule has 0 aliphatic heterocycles. The van der Waals surface area contributed by atoms with E-state index in [0.717, 1.165) is 19.3 Å². The average Bonchev–Trinajstić information content (AvgIpc) is 3.56. The molecule has 0 heterocycles. The zero-order chi connectivity index (χ0) is 26.7. The van der Waals surface area contributed by atoms with E-state index >= 15 is 0 Å². The first-order chi connectivity index (χ1) is 19.8. The Bertz CT molecular complexity index is 1620. The Labute approximate surface area is 272 Å². The summed E-state index contributed by atoms with van der Waals surface area (Å²) in [5, 5.41) is 0. The van der Waals surface area contributed by atoms with Crippen molar-refractivity contribution in [3.63, 3.8) is 0 Å². The van der Waals surface area contributed by atoms with Crippen LogP contribution < -0.4 is 28.1 Å². The van der Waals surface area contributed by atoms with Gasteiger partial charge in [-0.05, 0) is 0 Å². The molecule has 0 bridgehead atoms. The second kappa shape index (κ2) is 14.4. The van der Waals surface area contributed by atoms with Gasteiger partial charge in [0.25, 0.3) is 0 Å². The van der Waals surface area contributed by atoms with Crippen LogP contribution in [-0.4, -0.2) is 3.21 Å². The third-order valence-corrected chi connectivity index (χ3v) is 16.9. The van der Waals surface area contributed by atoms with Crippen LogP contribution in [-0.2, 0) is 40.5 Å². The molecule has 3 aliphatic rings. The summed E-state index contributed by atoms with van der Waals surface area (Å²) in [6.45, 7) is 0. The smallest absolute Gasteiger partial charge is 1.00 e. The van der Waals surface area contributed by atoms with Crippen LogP contribution in [0.1, 0.15) is 78.3 Å². The van der Waals surface area contributed by atoms with E-state index in [2.05, 4.69) is 109 Å². The molecule has 0 N–H and O–H groups in total. The fourth-order valence-corrected chi connectivity index (χ4v) is 15.6. The van der Waals surface area contributed by atoms with E-state index in [9.17, 15) is 0 Å². The predicted octanol–water partition coefficient (Wildman–Crippen LogP) is 3.06. The molecule has 1 saturated carbocycles. The maximum Gasteiger partial charge on any atom is -1.00 e. The van der Waals surface area contributed by atoms with Crippen molar-refractivity contribution in [2.75, 3.05) is 0 Å². The van der Waals surface area contributed by atoms with Crippen molar-refractivity contribution in [3.8, 4) is 11.1 Å². The molecule has 0 unspecified atom stereocenters. The first kappa shape index (κ1) is 31.1. The molecular weight excluding hydrogens is 631 g/mol. The molecule has 0 atom stereocenters. The number of hydrogen-bond donors (Lipinski definition) is 0. The molecule has 4 aromatic rings. The summed E-state index contributed by atoms with van der Waals surface area (Å²) < 4.78 is 5.58. The van der Waals surface area contributed by atoms with Gasteiger partial charge in [-0.3, -0.25) is 0 Å². The Hall–Kier alpha value is -2.31. The number of hydrogen-bond acceptors (Lipinski definition) is 0. The number of rotatable bonds is 6. The Morgan fingerprint density at radius 3 is 1.88 bits per heavy atom. The predicted molar refractivity (Wildman–Crippen MR) is 167 cm³/mol. The molecule has 0 radical (unpaired) electrons. The van der Waals surface area contributed by atoms with Crippen molar-refractivity contribution >= 4 is 6.48 Å². The minimum absolute atomic E-state index is 0. The Morgan fingerprint density at radius 2 is 1.24 bits per heavy atom. The van der Waals surface area contributed by atoms with Crippen molar-refractivity contribution < 1.29 is 46.1 Å². The van der Waals surface area contributed by atoms with Gasteiger partial charge < -0.3 is 24.8 Å². The molecule has 42 heavy (non-hydrogen) atoms. The van der Waals surface area contributed by atoms with Gasteiger partial charge in [-0.25, -0.2) is 0 Å². The summed E-state index contributed by atoms with van der Waals surface area (Å²) >= 11 is -2.20. The third-order valence-electron chi connectivity index (χ3n) is 9.07. The molecule has 0 saturated heterocycles. The topological polar surface area (TPSA) is 0 Å². The first-order valence-corrected chi connectivity index (χ1v) is 18.9. The van der Waals surface area contributed by atoms with Crippen LogP contribution >= 0.6 is 0 Å². The van der Waals surface area contributed by atoms with E-state index in [0.29, 0.717) is 0 Å². The van der Waals surface area contributed by atoms with Gasteiger partial charge in [-0.2, -0.15) is 0 Å². The van der Waals surface area contributed by atoms with Gasteiger partial charge >= 0.3 is 249 Å². The van der Waals surface area contributed by atoms with Crippen molar-refractivity contribution in [1.82, 2.24) is 0 Å². The van der Waals surface area contributed by atoms with E-state index in [1.165, 1.54) is 83.9 Å². The molecule has 212 valence electrons. The van der Waals surface area contributed by atoms with Gasteiger partial charge in [0.2, 0.25) is 0 Å². The number of allylic oxidation sites excluding steroid dienone is 4. The minimum atomic E-state index is -2.20. The standard InChI is InChI=1S/C27H21.C7H12.C5H5.2ClH.Zr/c1-3-7-20(8-4-1)15-22-11-13-24-19-25-14-12-23(18-27(25)26(24)17-22)16-21-9-5-2-6-10-21;1-2-4-6-7-5-3-1;1-2-4-5-3-1;;;/h1-13,17-18H,15-16,19H2;1-6H2;1-3H,4H2;2*1H;/q;;;;;+2/p-2. The Kier molecular flexibility index (Phi) is 10.7. The third kappa shape index (κ3) is 6.75. The first-order valence-electron chi connectivity index (χ1n) is 15.3. The summed E-state index contributed by atoms with van der Waals surface area (Å²) in [5.41, 5.74) is 11.9. The van der Waals surface area contributed by atoms with E-state index in [1.807, 2.05) is 3.21 Å². The normalized spacial score (nSPS) is 14.9. The van der Waals surface area contributed by atoms with Gasteiger partial charge in [0.15, 0.2) is 0 Å². The number of benzene rings is 4. The molecule has 0 spiro atoms. The number of fused-ring (bicyclic) bond motifs is 3. The summed E-state index contributed by atoms with van der Waals surface area (Å²) in [4.78, 5) is 0. The molecule has 7 rings (SSSR count). The van der Waals surface area contributed by atoms with Crippen LogP contribution in [0.15, 0.2) is 113 Å². The van der Waals surface area contributed by atoms with E-state index in [4.69, 9.17) is 0 Å².